The fraction of sp³-hybridized carbons (Fsp3) is 0.818. The fourth-order valence-corrected chi connectivity index (χ4v) is 5.25. The van der Waals surface area contributed by atoms with Gasteiger partial charge in [0.2, 0.25) is 0 Å². The molecule has 4 rings (SSSR count). The van der Waals surface area contributed by atoms with Gasteiger partial charge in [0, 0.05) is 27.2 Å². The van der Waals surface area contributed by atoms with Crippen LogP contribution in [-0.4, -0.2) is 86.4 Å². The molecule has 174 valence electrons. The molecular formula is C22H35N3O6. The maximum atomic E-state index is 12.7. The number of amides is 3. The Morgan fingerprint density at radius 1 is 1.29 bits per heavy atom. The average Bonchev–Trinajstić information content (AvgIpc) is 3.61. The normalized spacial score (nSPS) is 38.8. The summed E-state index contributed by atoms with van der Waals surface area (Å²) >= 11 is 0. The number of allylic oxidation sites excluding steroid dienone is 1. The minimum atomic E-state index is -0.364. The van der Waals surface area contributed by atoms with Crippen LogP contribution in [0.5, 0.6) is 0 Å². The third kappa shape index (κ3) is 4.27. The van der Waals surface area contributed by atoms with E-state index in [0.29, 0.717) is 26.1 Å². The number of hydrogen-bond donors (Lipinski definition) is 2. The lowest BCUT2D eigenvalue weighted by atomic mass is 9.68. The molecule has 3 aliphatic heterocycles. The van der Waals surface area contributed by atoms with Crippen LogP contribution in [0.1, 0.15) is 40.0 Å². The van der Waals surface area contributed by atoms with Crippen molar-refractivity contribution >= 4 is 12.1 Å². The first-order chi connectivity index (χ1) is 14.7. The maximum absolute atomic E-state index is 12.7. The van der Waals surface area contributed by atoms with Crippen molar-refractivity contribution in [3.05, 3.63) is 11.6 Å². The minimum Gasteiger partial charge on any atom is -0.443 e. The third-order valence-electron chi connectivity index (χ3n) is 7.19. The quantitative estimate of drug-likeness (QED) is 0.485. The number of hydrogen-bond acceptors (Lipinski definition) is 6. The first kappa shape index (κ1) is 22.4. The maximum Gasteiger partial charge on any atom is 0.410 e. The Morgan fingerprint density at radius 2 is 2.00 bits per heavy atom. The van der Waals surface area contributed by atoms with Gasteiger partial charge in [-0.25, -0.2) is 9.59 Å². The molecule has 3 heterocycles. The molecule has 0 aromatic heterocycles. The molecule has 1 saturated carbocycles. The standard InChI is InChI=1S/C22H35N3O6/c1-13(2)6-7-16-21(3,31-16)18-17(28-5)15(8-9-22(18)12-29-22)30-20(27)25-10-14(11-25)24-19(26)23-4/h6,14-18H,7-12H2,1-5H3,(H2,23,24,26)/t15-,16-,17-,18?,21+,22+/m1/s1. The number of nitrogens with one attached hydrogen (secondary N) is 2. The third-order valence-corrected chi connectivity index (χ3v) is 7.19. The number of urea groups is 1. The Labute approximate surface area is 183 Å². The van der Waals surface area contributed by atoms with E-state index in [2.05, 4.69) is 37.5 Å². The largest absolute Gasteiger partial charge is 0.443 e. The fourth-order valence-electron chi connectivity index (χ4n) is 5.25. The highest BCUT2D eigenvalue weighted by Crippen LogP contribution is 2.59. The number of nitrogens with zero attached hydrogens (tertiary/aromatic N) is 1. The first-order valence-electron chi connectivity index (χ1n) is 11.1. The molecular weight excluding hydrogens is 402 g/mol. The van der Waals surface area contributed by atoms with Crippen molar-refractivity contribution in [3.63, 3.8) is 0 Å². The van der Waals surface area contributed by atoms with Crippen molar-refractivity contribution in [2.75, 3.05) is 33.9 Å². The highest BCUT2D eigenvalue weighted by atomic mass is 16.6. The summed E-state index contributed by atoms with van der Waals surface area (Å²) < 4.78 is 24.0. The van der Waals surface area contributed by atoms with E-state index >= 15 is 0 Å². The zero-order chi connectivity index (χ0) is 22.4. The lowest BCUT2D eigenvalue weighted by Crippen LogP contribution is -2.63. The van der Waals surface area contributed by atoms with Crippen molar-refractivity contribution in [1.29, 1.82) is 0 Å². The molecule has 3 amide bonds. The van der Waals surface area contributed by atoms with Gasteiger partial charge in [-0.2, -0.15) is 0 Å². The van der Waals surface area contributed by atoms with Gasteiger partial charge in [0.1, 0.15) is 23.4 Å². The van der Waals surface area contributed by atoms with Crippen LogP contribution in [0.4, 0.5) is 9.59 Å². The van der Waals surface area contributed by atoms with Crippen molar-refractivity contribution < 1.29 is 28.5 Å². The van der Waals surface area contributed by atoms with Gasteiger partial charge in [-0.15, -0.1) is 0 Å². The van der Waals surface area contributed by atoms with E-state index in [0.717, 1.165) is 12.8 Å². The van der Waals surface area contributed by atoms with Crippen LogP contribution >= 0.6 is 0 Å². The van der Waals surface area contributed by atoms with Gasteiger partial charge in [-0.05, 0) is 40.0 Å². The minimum absolute atomic E-state index is 0.00571. The zero-order valence-electron chi connectivity index (χ0n) is 19.1. The summed E-state index contributed by atoms with van der Waals surface area (Å²) in [4.78, 5) is 25.7. The molecule has 9 nitrogen and oxygen atoms in total. The molecule has 0 bridgehead atoms. The van der Waals surface area contributed by atoms with E-state index in [1.54, 1.807) is 19.1 Å². The second-order valence-corrected chi connectivity index (χ2v) is 9.63. The number of likely N-dealkylation sites (tertiary alicyclic amines) is 1. The molecule has 4 fully saturated rings. The molecule has 1 unspecified atom stereocenters. The van der Waals surface area contributed by atoms with E-state index in [4.69, 9.17) is 18.9 Å². The van der Waals surface area contributed by atoms with Crippen LogP contribution in [-0.2, 0) is 18.9 Å². The van der Waals surface area contributed by atoms with E-state index in [-0.39, 0.29) is 53.6 Å². The molecule has 4 aliphatic rings. The molecule has 0 aromatic rings. The smallest absolute Gasteiger partial charge is 0.410 e. The number of carbonyl (C=O) groups is 2. The summed E-state index contributed by atoms with van der Waals surface area (Å²) in [6.07, 6.45) is 3.69. The SMILES string of the molecule is CNC(=O)NC1CN(C(=O)O[C@@H]2CC[C@]3(CO3)C([C@@]3(C)O[C@@H]3CC=C(C)C)[C@@H]2OC)C1. The Kier molecular flexibility index (Phi) is 5.95. The average molecular weight is 438 g/mol. The number of rotatable bonds is 6. The summed E-state index contributed by atoms with van der Waals surface area (Å²) in [6.45, 7) is 7.89. The van der Waals surface area contributed by atoms with Crippen LogP contribution in [0.25, 0.3) is 0 Å². The van der Waals surface area contributed by atoms with Crippen molar-refractivity contribution in [3.8, 4) is 0 Å². The summed E-state index contributed by atoms with van der Waals surface area (Å²) in [5, 5.41) is 5.31. The van der Waals surface area contributed by atoms with Gasteiger partial charge in [0.05, 0.1) is 24.7 Å². The summed E-state index contributed by atoms with van der Waals surface area (Å²) in [5.41, 5.74) is 0.679. The number of carbonyl (C=O) groups excluding carboxylic acids is 2. The molecule has 9 heteroatoms. The second kappa shape index (κ2) is 8.26. The van der Waals surface area contributed by atoms with Gasteiger partial charge in [-0.1, -0.05) is 11.6 Å². The number of methoxy groups -OCH3 is 1. The Bertz CT molecular complexity index is 744. The highest BCUT2D eigenvalue weighted by molar-refractivity contribution is 5.75. The Morgan fingerprint density at radius 3 is 2.58 bits per heavy atom. The van der Waals surface area contributed by atoms with Crippen molar-refractivity contribution in [2.45, 2.75) is 75.6 Å². The predicted molar refractivity (Wildman–Crippen MR) is 113 cm³/mol. The van der Waals surface area contributed by atoms with Crippen LogP contribution in [0.3, 0.4) is 0 Å². The Hall–Kier alpha value is -1.84. The lowest BCUT2D eigenvalue weighted by molar-refractivity contribution is -0.123. The van der Waals surface area contributed by atoms with Crippen LogP contribution in [0.2, 0.25) is 0 Å². The number of epoxide rings is 2. The van der Waals surface area contributed by atoms with Gasteiger partial charge in [-0.3, -0.25) is 0 Å². The first-order valence-corrected chi connectivity index (χ1v) is 11.1. The van der Waals surface area contributed by atoms with Crippen molar-refractivity contribution in [1.82, 2.24) is 15.5 Å². The summed E-state index contributed by atoms with van der Waals surface area (Å²) in [5.74, 6) is 0.00571. The van der Waals surface area contributed by atoms with Gasteiger partial charge in [0.25, 0.3) is 0 Å². The molecule has 6 atom stereocenters. The van der Waals surface area contributed by atoms with Crippen LogP contribution in [0, 0.1) is 5.92 Å². The van der Waals surface area contributed by atoms with Gasteiger partial charge >= 0.3 is 12.1 Å². The molecule has 0 radical (unpaired) electrons. The van der Waals surface area contributed by atoms with Crippen LogP contribution < -0.4 is 10.6 Å². The highest BCUT2D eigenvalue weighted by Gasteiger charge is 2.72. The summed E-state index contributed by atoms with van der Waals surface area (Å²) in [7, 11) is 3.23. The van der Waals surface area contributed by atoms with Gasteiger partial charge < -0.3 is 34.5 Å². The topological polar surface area (TPSA) is 105 Å². The Balaban J connectivity index is 1.38. The van der Waals surface area contributed by atoms with E-state index < -0.39 is 0 Å². The molecule has 1 spiro atoms. The van der Waals surface area contributed by atoms with E-state index in [9.17, 15) is 9.59 Å². The predicted octanol–water partition coefficient (Wildman–Crippen LogP) is 1.81. The monoisotopic (exact) mass is 437 g/mol. The van der Waals surface area contributed by atoms with Gasteiger partial charge in [0.15, 0.2) is 0 Å². The molecule has 0 aromatic carbocycles. The molecule has 2 N–H and O–H groups in total. The van der Waals surface area contributed by atoms with Crippen molar-refractivity contribution in [2.24, 2.45) is 5.92 Å². The van der Waals surface area contributed by atoms with Crippen LogP contribution in [0.15, 0.2) is 11.6 Å². The summed E-state index contributed by atoms with van der Waals surface area (Å²) in [6, 6.07) is -0.301. The molecule has 3 saturated heterocycles. The van der Waals surface area contributed by atoms with E-state index in [1.807, 2.05) is 0 Å². The lowest BCUT2D eigenvalue weighted by Gasteiger charge is -2.44. The molecule has 1 aliphatic carbocycles. The second-order valence-electron chi connectivity index (χ2n) is 9.63. The number of ether oxygens (including phenoxy) is 4. The molecule has 31 heavy (non-hydrogen) atoms. The van der Waals surface area contributed by atoms with E-state index in [1.165, 1.54) is 5.57 Å². The zero-order valence-corrected chi connectivity index (χ0v) is 19.1.